The van der Waals surface area contributed by atoms with Gasteiger partial charge in [0, 0.05) is 41.9 Å². The summed E-state index contributed by atoms with van der Waals surface area (Å²) in [6.45, 7) is 2.38. The van der Waals surface area contributed by atoms with Gasteiger partial charge in [-0.2, -0.15) is 4.98 Å². The van der Waals surface area contributed by atoms with E-state index in [1.807, 2.05) is 25.1 Å². The van der Waals surface area contributed by atoms with Crippen LogP contribution in [0.2, 0.25) is 5.02 Å². The van der Waals surface area contributed by atoms with E-state index in [0.717, 1.165) is 5.56 Å². The number of amides is 1. The molecule has 28 heavy (non-hydrogen) atoms. The van der Waals surface area contributed by atoms with E-state index in [1.54, 1.807) is 29.3 Å². The molecule has 1 aliphatic heterocycles. The predicted molar refractivity (Wildman–Crippen MR) is 106 cm³/mol. The number of hydrogen-bond donors (Lipinski definition) is 2. The normalized spacial score (nSPS) is 17.8. The van der Waals surface area contributed by atoms with Crippen molar-refractivity contribution < 1.29 is 9.32 Å². The van der Waals surface area contributed by atoms with Crippen molar-refractivity contribution in [3.8, 4) is 11.3 Å². The number of aromatic nitrogens is 3. The van der Waals surface area contributed by atoms with E-state index in [9.17, 15) is 4.79 Å². The van der Waals surface area contributed by atoms with Gasteiger partial charge < -0.3 is 15.6 Å². The van der Waals surface area contributed by atoms with Crippen molar-refractivity contribution in [1.29, 1.82) is 0 Å². The Morgan fingerprint density at radius 3 is 2.82 bits per heavy atom. The Morgan fingerprint density at radius 1 is 1.32 bits per heavy atom. The van der Waals surface area contributed by atoms with Crippen molar-refractivity contribution in [3.05, 3.63) is 53.3 Å². The summed E-state index contributed by atoms with van der Waals surface area (Å²) in [5.74, 6) is 1.54. The molecule has 1 aliphatic rings. The average molecular weight is 399 g/mol. The van der Waals surface area contributed by atoms with E-state index in [4.69, 9.17) is 21.9 Å². The lowest BCUT2D eigenvalue weighted by Crippen LogP contribution is -2.29. The molecule has 4 rings (SSSR count). The Bertz CT molecular complexity index is 990. The summed E-state index contributed by atoms with van der Waals surface area (Å²) >= 11 is 5.92. The lowest BCUT2D eigenvalue weighted by molar-refractivity contribution is -0.117. The lowest BCUT2D eigenvalue weighted by atomic mass is 10.1. The Labute approximate surface area is 166 Å². The third-order valence-electron chi connectivity index (χ3n) is 4.52. The number of halogens is 1. The van der Waals surface area contributed by atoms with Gasteiger partial charge in [-0.05, 0) is 37.3 Å². The second kappa shape index (κ2) is 7.57. The Morgan fingerprint density at radius 2 is 2.11 bits per heavy atom. The molecule has 0 bridgehead atoms. The van der Waals surface area contributed by atoms with Crippen LogP contribution >= 0.6 is 11.6 Å². The number of hydrogen-bond acceptors (Lipinski definition) is 7. The molecule has 1 fully saturated rings. The number of nitrogens with one attached hydrogen (secondary N) is 1. The highest BCUT2D eigenvalue weighted by Crippen LogP contribution is 2.26. The molecule has 2 atom stereocenters. The van der Waals surface area contributed by atoms with E-state index in [2.05, 4.69) is 20.4 Å². The highest BCUT2D eigenvalue weighted by molar-refractivity contribution is 6.30. The van der Waals surface area contributed by atoms with Gasteiger partial charge in [0.15, 0.2) is 5.76 Å². The summed E-state index contributed by atoms with van der Waals surface area (Å²) in [5.41, 5.74) is 7.45. The van der Waals surface area contributed by atoms with Crippen molar-refractivity contribution in [2.45, 2.75) is 25.4 Å². The third kappa shape index (κ3) is 3.83. The molecule has 0 radical (unpaired) electrons. The fourth-order valence-electron chi connectivity index (χ4n) is 3.04. The molecule has 8 nitrogen and oxygen atoms in total. The zero-order valence-electron chi connectivity index (χ0n) is 15.2. The summed E-state index contributed by atoms with van der Waals surface area (Å²) in [6, 6.07) is 10.5. The molecule has 1 saturated heterocycles. The molecule has 1 aromatic carbocycles. The first-order chi connectivity index (χ1) is 13.5. The second-order valence-corrected chi connectivity index (χ2v) is 7.13. The van der Waals surface area contributed by atoms with Gasteiger partial charge in [0.2, 0.25) is 11.9 Å². The molecule has 1 amide bonds. The standard InChI is InChI=1S/C19H19ClN6O2/c1-11(15-9-16(28-25-15)12-2-4-13(20)5-3-12)23-19-22-7-6-17(24-19)26-10-14(21)8-18(26)27/h2-7,9,11,14H,8,10,21H2,1H3,(H,22,23,24)/t11-,14+/m0/s1. The van der Waals surface area contributed by atoms with Crippen molar-refractivity contribution in [2.24, 2.45) is 5.73 Å². The molecule has 2 aromatic heterocycles. The van der Waals surface area contributed by atoms with E-state index in [0.29, 0.717) is 41.2 Å². The fraction of sp³-hybridized carbons (Fsp3) is 0.263. The molecule has 3 N–H and O–H groups in total. The quantitative estimate of drug-likeness (QED) is 0.679. The van der Waals surface area contributed by atoms with Crippen molar-refractivity contribution in [3.63, 3.8) is 0 Å². The van der Waals surface area contributed by atoms with E-state index >= 15 is 0 Å². The number of rotatable bonds is 5. The zero-order valence-corrected chi connectivity index (χ0v) is 15.9. The predicted octanol–water partition coefficient (Wildman–Crippen LogP) is 3.02. The highest BCUT2D eigenvalue weighted by atomic mass is 35.5. The molecule has 0 saturated carbocycles. The summed E-state index contributed by atoms with van der Waals surface area (Å²) in [6.07, 6.45) is 1.94. The smallest absolute Gasteiger partial charge is 0.229 e. The minimum Gasteiger partial charge on any atom is -0.356 e. The van der Waals surface area contributed by atoms with Crippen LogP contribution in [0.4, 0.5) is 11.8 Å². The van der Waals surface area contributed by atoms with Gasteiger partial charge in [-0.3, -0.25) is 9.69 Å². The van der Waals surface area contributed by atoms with Crippen molar-refractivity contribution >= 4 is 29.3 Å². The lowest BCUT2D eigenvalue weighted by Gasteiger charge is -2.16. The van der Waals surface area contributed by atoms with Crippen LogP contribution in [-0.2, 0) is 4.79 Å². The monoisotopic (exact) mass is 398 g/mol. The maximum Gasteiger partial charge on any atom is 0.229 e. The number of nitrogens with two attached hydrogens (primary N) is 1. The molecule has 3 heterocycles. The number of anilines is 2. The van der Waals surface area contributed by atoms with Gasteiger partial charge in [0.25, 0.3) is 0 Å². The van der Waals surface area contributed by atoms with E-state index < -0.39 is 0 Å². The summed E-state index contributed by atoms with van der Waals surface area (Å²) in [7, 11) is 0. The molecule has 0 unspecified atom stereocenters. The average Bonchev–Trinajstić information content (AvgIpc) is 3.29. The van der Waals surface area contributed by atoms with Crippen LogP contribution in [0.5, 0.6) is 0 Å². The SMILES string of the molecule is C[C@H](Nc1nccc(N2C[C@H](N)CC2=O)n1)c1cc(-c2ccc(Cl)cc2)on1. The first-order valence-electron chi connectivity index (χ1n) is 8.87. The van der Waals surface area contributed by atoms with Gasteiger partial charge in [-0.1, -0.05) is 16.8 Å². The summed E-state index contributed by atoms with van der Waals surface area (Å²) < 4.78 is 5.44. The van der Waals surface area contributed by atoms with E-state index in [-0.39, 0.29) is 18.0 Å². The number of nitrogens with zero attached hydrogens (tertiary/aromatic N) is 4. The van der Waals surface area contributed by atoms with Gasteiger partial charge in [-0.15, -0.1) is 0 Å². The Hall–Kier alpha value is -2.97. The van der Waals surface area contributed by atoms with Gasteiger partial charge in [-0.25, -0.2) is 4.98 Å². The largest absolute Gasteiger partial charge is 0.356 e. The van der Waals surface area contributed by atoms with E-state index in [1.165, 1.54) is 0 Å². The summed E-state index contributed by atoms with van der Waals surface area (Å²) in [5, 5.41) is 7.97. The maximum atomic E-state index is 12.0. The third-order valence-corrected chi connectivity index (χ3v) is 4.77. The molecular formula is C19H19ClN6O2. The summed E-state index contributed by atoms with van der Waals surface area (Å²) in [4.78, 5) is 22.3. The first kappa shape index (κ1) is 18.4. The molecule has 3 aromatic rings. The number of benzene rings is 1. The zero-order chi connectivity index (χ0) is 19.7. The van der Waals surface area contributed by atoms with Crippen LogP contribution in [-0.4, -0.2) is 33.6 Å². The second-order valence-electron chi connectivity index (χ2n) is 6.70. The molecular weight excluding hydrogens is 380 g/mol. The van der Waals surface area contributed by atoms with Crippen LogP contribution in [0, 0.1) is 0 Å². The van der Waals surface area contributed by atoms with Crippen LogP contribution in [0.3, 0.4) is 0 Å². The maximum absolute atomic E-state index is 12.0. The number of carbonyl (C=O) groups is 1. The van der Waals surface area contributed by atoms with Gasteiger partial charge >= 0.3 is 0 Å². The van der Waals surface area contributed by atoms with Crippen molar-refractivity contribution in [1.82, 2.24) is 15.1 Å². The first-order valence-corrected chi connectivity index (χ1v) is 9.25. The number of carbonyl (C=O) groups excluding carboxylic acids is 1. The van der Waals surface area contributed by atoms with Crippen LogP contribution in [0.25, 0.3) is 11.3 Å². The highest BCUT2D eigenvalue weighted by Gasteiger charge is 2.29. The Balaban J connectivity index is 1.48. The minimum atomic E-state index is -0.198. The van der Waals surface area contributed by atoms with Crippen LogP contribution in [0.1, 0.15) is 25.1 Å². The molecule has 9 heteroatoms. The molecule has 144 valence electrons. The van der Waals surface area contributed by atoms with Crippen LogP contribution in [0.15, 0.2) is 47.1 Å². The molecule has 0 spiro atoms. The minimum absolute atomic E-state index is 0.0330. The topological polar surface area (TPSA) is 110 Å². The van der Waals surface area contributed by atoms with Gasteiger partial charge in [0.05, 0.1) is 6.04 Å². The molecule has 0 aliphatic carbocycles. The Kier molecular flexibility index (Phi) is 4.97. The van der Waals surface area contributed by atoms with Crippen molar-refractivity contribution in [2.75, 3.05) is 16.8 Å². The van der Waals surface area contributed by atoms with Gasteiger partial charge in [0.1, 0.15) is 11.5 Å². The van der Waals surface area contributed by atoms with Crippen LogP contribution < -0.4 is 16.0 Å². The fourth-order valence-corrected chi connectivity index (χ4v) is 3.16.